The Kier molecular flexibility index (Phi) is 15.3. The molecule has 2 atom stereocenters. The Bertz CT molecular complexity index is 1440. The van der Waals surface area contributed by atoms with Crippen LogP contribution in [-0.2, 0) is 11.3 Å². The fourth-order valence-corrected chi connectivity index (χ4v) is 5.08. The molecular formula is C38H53F3N4O2. The van der Waals surface area contributed by atoms with E-state index in [0.717, 1.165) is 23.4 Å². The molecule has 2 aromatic rings. The zero-order valence-electron chi connectivity index (χ0n) is 29.8. The second kappa shape index (κ2) is 18.4. The van der Waals surface area contributed by atoms with E-state index >= 15 is 4.39 Å². The molecule has 1 aliphatic rings. The van der Waals surface area contributed by atoms with Crippen LogP contribution in [0.5, 0.6) is 5.75 Å². The molecule has 6 nitrogen and oxygen atoms in total. The lowest BCUT2D eigenvalue weighted by Gasteiger charge is -2.42. The molecule has 0 bridgehead atoms. The Labute approximate surface area is 280 Å². The average molecular weight is 655 g/mol. The van der Waals surface area contributed by atoms with Gasteiger partial charge in [0.2, 0.25) is 5.91 Å². The zero-order valence-corrected chi connectivity index (χ0v) is 29.8. The van der Waals surface area contributed by atoms with E-state index in [1.807, 2.05) is 58.6 Å². The third-order valence-corrected chi connectivity index (χ3v) is 7.89. The number of alkyl halides is 2. The summed E-state index contributed by atoms with van der Waals surface area (Å²) in [5.41, 5.74) is 5.09. The van der Waals surface area contributed by atoms with E-state index in [1.165, 1.54) is 18.2 Å². The third-order valence-electron chi connectivity index (χ3n) is 7.89. The molecule has 2 aromatic carbocycles. The second-order valence-electron chi connectivity index (χ2n) is 12.0. The molecule has 9 heteroatoms. The quantitative estimate of drug-likeness (QED) is 0.141. The first kappa shape index (κ1) is 39.2. The number of carbonyl (C=O) groups is 1. The van der Waals surface area contributed by atoms with Gasteiger partial charge in [-0.2, -0.15) is 8.78 Å². The van der Waals surface area contributed by atoms with E-state index in [-0.39, 0.29) is 30.1 Å². The van der Waals surface area contributed by atoms with Gasteiger partial charge in [0.1, 0.15) is 11.6 Å². The number of benzene rings is 2. The number of aliphatic imine (C=N–C) groups is 1. The molecular weight excluding hydrogens is 601 g/mol. The number of anilines is 2. The van der Waals surface area contributed by atoms with Crippen molar-refractivity contribution in [3.05, 3.63) is 88.9 Å². The van der Waals surface area contributed by atoms with Crippen LogP contribution in [0.1, 0.15) is 81.2 Å². The molecule has 1 fully saturated rings. The molecule has 2 unspecified atom stereocenters. The number of amides is 1. The molecule has 0 aromatic heterocycles. The predicted molar refractivity (Wildman–Crippen MR) is 190 cm³/mol. The van der Waals surface area contributed by atoms with Crippen molar-refractivity contribution >= 4 is 23.0 Å². The minimum atomic E-state index is -3.24. The largest absolute Gasteiger partial charge is 0.433 e. The number of halogens is 3. The molecule has 0 saturated carbocycles. The molecule has 1 N–H and O–H groups in total. The lowest BCUT2D eigenvalue weighted by molar-refractivity contribution is -0.158. The number of allylic oxidation sites excluding steroid dienone is 5. The summed E-state index contributed by atoms with van der Waals surface area (Å²) in [5, 5.41) is 2.88. The number of rotatable bonds is 12. The van der Waals surface area contributed by atoms with E-state index in [4.69, 9.17) is 0 Å². The summed E-state index contributed by atoms with van der Waals surface area (Å²) in [5.74, 6) is 0.0179. The van der Waals surface area contributed by atoms with Crippen molar-refractivity contribution in [2.75, 3.05) is 29.4 Å². The van der Waals surface area contributed by atoms with Gasteiger partial charge in [0.05, 0.1) is 5.69 Å². The normalized spacial score (nSPS) is 17.2. The zero-order chi connectivity index (χ0) is 35.3. The van der Waals surface area contributed by atoms with Crippen LogP contribution in [0.15, 0.2) is 82.5 Å². The molecule has 1 aliphatic heterocycles. The maximum Gasteiger partial charge on any atom is 0.394 e. The Balaban J connectivity index is 0.00000376. The van der Waals surface area contributed by atoms with Gasteiger partial charge in [0, 0.05) is 61.8 Å². The van der Waals surface area contributed by atoms with E-state index in [0.29, 0.717) is 55.0 Å². The third kappa shape index (κ3) is 12.6. The Morgan fingerprint density at radius 2 is 1.77 bits per heavy atom. The molecule has 0 aliphatic carbocycles. The number of nitrogens with zero attached hydrogens (tertiary/aromatic N) is 3. The van der Waals surface area contributed by atoms with Crippen molar-refractivity contribution < 1.29 is 22.7 Å². The maximum absolute atomic E-state index is 15.3. The topological polar surface area (TPSA) is 57.2 Å². The van der Waals surface area contributed by atoms with Gasteiger partial charge in [-0.25, -0.2) is 4.39 Å². The van der Waals surface area contributed by atoms with Gasteiger partial charge in [-0.15, -0.1) is 0 Å². The van der Waals surface area contributed by atoms with Gasteiger partial charge in [-0.05, 0) is 94.1 Å². The fraction of sp³-hybridized carbons (Fsp3) is 0.474. The molecule has 1 heterocycles. The van der Waals surface area contributed by atoms with Crippen molar-refractivity contribution in [3.63, 3.8) is 0 Å². The number of hydrogen-bond acceptors (Lipinski definition) is 5. The van der Waals surface area contributed by atoms with Gasteiger partial charge in [-0.1, -0.05) is 52.3 Å². The van der Waals surface area contributed by atoms with Crippen LogP contribution in [0.3, 0.4) is 0 Å². The van der Waals surface area contributed by atoms with Crippen molar-refractivity contribution in [2.24, 2.45) is 10.9 Å². The van der Waals surface area contributed by atoms with Gasteiger partial charge in [0.25, 0.3) is 0 Å². The summed E-state index contributed by atoms with van der Waals surface area (Å²) in [7, 11) is 0. The standard InChI is InChI=1S/C36H47F3N4O2.C2H6/c1-9-24(2)10-11-25(3)20-26(4)41-29(7)28(6)35(44)40-22-30-12-17-34(33(37)21-30)42-18-19-43(27(5)23-42)31-13-15-32(16-14-31)45-36(8,38)39;1-2/h10-17,20-21,24,27H,9,18-19,22-23H2,1-8H3,(H,40,44);1-2H3/b11-10-,25-20-,29-28+,41-26+;. The molecule has 1 amide bonds. The molecule has 3 rings (SSSR count). The number of piperazine rings is 1. The van der Waals surface area contributed by atoms with Crippen LogP contribution in [0, 0.1) is 11.7 Å². The molecule has 1 saturated heterocycles. The average Bonchev–Trinajstić information content (AvgIpc) is 3.02. The van der Waals surface area contributed by atoms with Crippen LogP contribution in [0.2, 0.25) is 0 Å². The Morgan fingerprint density at radius 3 is 2.34 bits per heavy atom. The minimum absolute atomic E-state index is 0.0569. The highest BCUT2D eigenvalue weighted by Gasteiger charge is 2.27. The number of hydrogen-bond donors (Lipinski definition) is 1. The molecule has 0 radical (unpaired) electrons. The second-order valence-corrected chi connectivity index (χ2v) is 12.0. The van der Waals surface area contributed by atoms with E-state index in [1.54, 1.807) is 25.1 Å². The summed E-state index contributed by atoms with van der Waals surface area (Å²) in [6, 6.07) is 11.7. The van der Waals surface area contributed by atoms with Crippen molar-refractivity contribution in [1.82, 2.24) is 5.32 Å². The van der Waals surface area contributed by atoms with Crippen LogP contribution in [0.25, 0.3) is 0 Å². The summed E-state index contributed by atoms with van der Waals surface area (Å²) in [4.78, 5) is 21.6. The monoisotopic (exact) mass is 654 g/mol. The predicted octanol–water partition coefficient (Wildman–Crippen LogP) is 9.48. The van der Waals surface area contributed by atoms with Crippen LogP contribution in [0.4, 0.5) is 24.5 Å². The lowest BCUT2D eigenvalue weighted by Crippen LogP contribution is -2.52. The van der Waals surface area contributed by atoms with Crippen molar-refractivity contribution in [1.29, 1.82) is 0 Å². The fourth-order valence-electron chi connectivity index (χ4n) is 5.08. The smallest absolute Gasteiger partial charge is 0.394 e. The maximum atomic E-state index is 15.3. The van der Waals surface area contributed by atoms with Crippen LogP contribution >= 0.6 is 0 Å². The van der Waals surface area contributed by atoms with Gasteiger partial charge < -0.3 is 19.9 Å². The number of ether oxygens (including phenoxy) is 1. The van der Waals surface area contributed by atoms with Gasteiger partial charge >= 0.3 is 6.11 Å². The Hall–Kier alpha value is -4.01. The Morgan fingerprint density at radius 1 is 1.11 bits per heavy atom. The van der Waals surface area contributed by atoms with Crippen LogP contribution in [-0.4, -0.2) is 43.4 Å². The van der Waals surface area contributed by atoms with E-state index < -0.39 is 6.11 Å². The van der Waals surface area contributed by atoms with Crippen molar-refractivity contribution in [2.45, 2.75) is 94.4 Å². The van der Waals surface area contributed by atoms with E-state index in [2.05, 4.69) is 45.9 Å². The highest BCUT2D eigenvalue weighted by molar-refractivity contribution is 5.97. The first-order chi connectivity index (χ1) is 22.2. The van der Waals surface area contributed by atoms with E-state index in [9.17, 15) is 13.6 Å². The summed E-state index contributed by atoms with van der Waals surface area (Å²) in [6.07, 6.45) is 4.11. The van der Waals surface area contributed by atoms with Crippen LogP contribution < -0.4 is 19.9 Å². The molecule has 258 valence electrons. The summed E-state index contributed by atoms with van der Waals surface area (Å²) in [6.45, 7) is 20.6. The van der Waals surface area contributed by atoms with Gasteiger partial charge in [0.15, 0.2) is 0 Å². The summed E-state index contributed by atoms with van der Waals surface area (Å²) < 4.78 is 46.2. The minimum Gasteiger partial charge on any atom is -0.433 e. The van der Waals surface area contributed by atoms with Gasteiger partial charge in [-0.3, -0.25) is 9.79 Å². The first-order valence-corrected chi connectivity index (χ1v) is 16.5. The first-order valence-electron chi connectivity index (χ1n) is 16.5. The molecule has 0 spiro atoms. The lowest BCUT2D eigenvalue weighted by atomic mass is 10.1. The molecule has 47 heavy (non-hydrogen) atoms. The highest BCUT2D eigenvalue weighted by Crippen LogP contribution is 2.29. The highest BCUT2D eigenvalue weighted by atomic mass is 19.3. The number of carbonyl (C=O) groups excluding carboxylic acids is 1. The number of nitrogens with one attached hydrogen (secondary N) is 1. The van der Waals surface area contributed by atoms with Crippen molar-refractivity contribution in [3.8, 4) is 5.75 Å². The SMILES string of the molecule is CC.CCC(C)\C=C/C(C)=C\C(C)=N\C(C)=C(/C)C(=O)NCc1ccc(N2CCN(c3ccc(OC(C)(F)F)cc3)C(C)C2)c(F)c1. The summed E-state index contributed by atoms with van der Waals surface area (Å²) >= 11 is 0.